The van der Waals surface area contributed by atoms with Crippen molar-refractivity contribution < 1.29 is 9.90 Å². The Morgan fingerprint density at radius 2 is 2.22 bits per heavy atom. The fourth-order valence-corrected chi connectivity index (χ4v) is 2.96. The molecule has 0 bridgehead atoms. The number of hydrogen-bond donors (Lipinski definition) is 1. The number of halogens is 1. The van der Waals surface area contributed by atoms with Crippen LogP contribution in [0.4, 0.5) is 0 Å². The van der Waals surface area contributed by atoms with Crippen LogP contribution in [0.15, 0.2) is 52.1 Å². The number of thioether (sulfide) groups is 1. The summed E-state index contributed by atoms with van der Waals surface area (Å²) >= 11 is 4.84. The molecule has 0 aliphatic heterocycles. The van der Waals surface area contributed by atoms with E-state index in [1.165, 1.54) is 11.8 Å². The Bertz CT molecular complexity index is 560. The van der Waals surface area contributed by atoms with Crippen molar-refractivity contribution in [1.29, 1.82) is 0 Å². The summed E-state index contributed by atoms with van der Waals surface area (Å²) in [6.45, 7) is 0. The van der Waals surface area contributed by atoms with Crippen LogP contribution in [0.5, 0.6) is 0 Å². The first-order chi connectivity index (χ1) is 8.66. The van der Waals surface area contributed by atoms with Crippen molar-refractivity contribution in [2.45, 2.75) is 10.6 Å². The van der Waals surface area contributed by atoms with Gasteiger partial charge in [-0.15, -0.1) is 11.8 Å². The first-order valence-electron chi connectivity index (χ1n) is 5.21. The van der Waals surface area contributed by atoms with Crippen LogP contribution in [0.1, 0.15) is 15.9 Å². The van der Waals surface area contributed by atoms with Gasteiger partial charge < -0.3 is 5.11 Å². The standard InChI is InChI=1S/C13H10BrNO2S/c14-10-3-4-11(13(16)17)12(6-10)18-8-9-2-1-5-15-7-9/h1-7H,8H2,(H,16,17). The summed E-state index contributed by atoms with van der Waals surface area (Å²) in [5.74, 6) is -0.207. The molecule has 1 aromatic carbocycles. The summed E-state index contributed by atoms with van der Waals surface area (Å²) in [4.78, 5) is 15.9. The van der Waals surface area contributed by atoms with Gasteiger partial charge in [-0.2, -0.15) is 0 Å². The summed E-state index contributed by atoms with van der Waals surface area (Å²) in [5.41, 5.74) is 1.39. The zero-order valence-electron chi connectivity index (χ0n) is 9.34. The van der Waals surface area contributed by atoms with Gasteiger partial charge in [0, 0.05) is 27.5 Å². The summed E-state index contributed by atoms with van der Waals surface area (Å²) in [5, 5.41) is 9.11. The fourth-order valence-electron chi connectivity index (χ4n) is 1.44. The molecule has 0 spiro atoms. The van der Waals surface area contributed by atoms with Crippen LogP contribution in [0.25, 0.3) is 0 Å². The van der Waals surface area contributed by atoms with E-state index in [9.17, 15) is 4.79 Å². The molecule has 0 saturated heterocycles. The molecule has 0 saturated carbocycles. The maximum atomic E-state index is 11.1. The molecule has 92 valence electrons. The van der Waals surface area contributed by atoms with Crippen molar-refractivity contribution in [2.24, 2.45) is 0 Å². The number of nitrogens with zero attached hydrogens (tertiary/aromatic N) is 1. The molecule has 0 unspecified atom stereocenters. The predicted octanol–water partition coefficient (Wildman–Crippen LogP) is 3.83. The number of carboxylic acids is 1. The van der Waals surface area contributed by atoms with E-state index in [1.807, 2.05) is 18.2 Å². The monoisotopic (exact) mass is 323 g/mol. The minimum atomic E-state index is -0.906. The minimum absolute atomic E-state index is 0.326. The van der Waals surface area contributed by atoms with E-state index in [0.717, 1.165) is 14.9 Å². The van der Waals surface area contributed by atoms with Gasteiger partial charge in [0.1, 0.15) is 0 Å². The van der Waals surface area contributed by atoms with Crippen molar-refractivity contribution in [3.63, 3.8) is 0 Å². The number of rotatable bonds is 4. The van der Waals surface area contributed by atoms with Crippen LogP contribution in [0, 0.1) is 0 Å². The van der Waals surface area contributed by atoms with Crippen LogP contribution in [0.3, 0.4) is 0 Å². The molecule has 1 N–H and O–H groups in total. The molecule has 2 rings (SSSR count). The second kappa shape index (κ2) is 6.02. The molecular formula is C13H10BrNO2S. The van der Waals surface area contributed by atoms with Crippen molar-refractivity contribution in [3.05, 3.63) is 58.3 Å². The first-order valence-corrected chi connectivity index (χ1v) is 6.99. The Balaban J connectivity index is 2.18. The van der Waals surface area contributed by atoms with Gasteiger partial charge in [0.25, 0.3) is 0 Å². The third-order valence-corrected chi connectivity index (χ3v) is 3.91. The minimum Gasteiger partial charge on any atom is -0.478 e. The number of hydrogen-bond acceptors (Lipinski definition) is 3. The van der Waals surface area contributed by atoms with Crippen LogP contribution >= 0.6 is 27.7 Å². The Kier molecular flexibility index (Phi) is 4.38. The number of pyridine rings is 1. The van der Waals surface area contributed by atoms with Crippen molar-refractivity contribution in [2.75, 3.05) is 0 Å². The van der Waals surface area contributed by atoms with Gasteiger partial charge in [-0.1, -0.05) is 22.0 Å². The molecule has 1 aromatic heterocycles. The third-order valence-electron chi connectivity index (χ3n) is 2.29. The zero-order chi connectivity index (χ0) is 13.0. The smallest absolute Gasteiger partial charge is 0.336 e. The predicted molar refractivity (Wildman–Crippen MR) is 74.9 cm³/mol. The van der Waals surface area contributed by atoms with Crippen LogP contribution in [-0.4, -0.2) is 16.1 Å². The average Bonchev–Trinajstić information content (AvgIpc) is 2.37. The largest absolute Gasteiger partial charge is 0.478 e. The van der Waals surface area contributed by atoms with Crippen molar-refractivity contribution >= 4 is 33.7 Å². The van der Waals surface area contributed by atoms with Crippen LogP contribution in [-0.2, 0) is 5.75 Å². The zero-order valence-corrected chi connectivity index (χ0v) is 11.7. The molecule has 0 atom stereocenters. The van der Waals surface area contributed by atoms with Gasteiger partial charge >= 0.3 is 5.97 Å². The highest BCUT2D eigenvalue weighted by Gasteiger charge is 2.10. The molecule has 0 aliphatic rings. The van der Waals surface area contributed by atoms with E-state index in [-0.39, 0.29) is 0 Å². The summed E-state index contributed by atoms with van der Waals surface area (Å²) in [7, 11) is 0. The highest BCUT2D eigenvalue weighted by molar-refractivity contribution is 9.10. The molecule has 0 fully saturated rings. The van der Waals surface area contributed by atoms with E-state index in [1.54, 1.807) is 24.5 Å². The van der Waals surface area contributed by atoms with Gasteiger partial charge in [-0.3, -0.25) is 4.98 Å². The molecular weight excluding hydrogens is 314 g/mol. The van der Waals surface area contributed by atoms with Crippen molar-refractivity contribution in [1.82, 2.24) is 4.98 Å². The van der Waals surface area contributed by atoms with E-state index in [2.05, 4.69) is 20.9 Å². The third kappa shape index (κ3) is 3.34. The Morgan fingerprint density at radius 3 is 2.89 bits per heavy atom. The molecule has 5 heteroatoms. The van der Waals surface area contributed by atoms with E-state index >= 15 is 0 Å². The maximum absolute atomic E-state index is 11.1. The second-order valence-electron chi connectivity index (χ2n) is 3.60. The first kappa shape index (κ1) is 13.1. The SMILES string of the molecule is O=C(O)c1ccc(Br)cc1SCc1cccnc1. The van der Waals surface area contributed by atoms with E-state index in [4.69, 9.17) is 5.11 Å². The van der Waals surface area contributed by atoms with Gasteiger partial charge in [-0.05, 0) is 29.8 Å². The van der Waals surface area contributed by atoms with E-state index in [0.29, 0.717) is 11.3 Å². The average molecular weight is 324 g/mol. The van der Waals surface area contributed by atoms with Gasteiger partial charge in [0.2, 0.25) is 0 Å². The summed E-state index contributed by atoms with van der Waals surface area (Å²) < 4.78 is 0.876. The molecule has 0 amide bonds. The normalized spacial score (nSPS) is 10.3. The molecule has 0 radical (unpaired) electrons. The number of carboxylic acid groups (broad SMARTS) is 1. The lowest BCUT2D eigenvalue weighted by Crippen LogP contribution is -1.98. The Labute approximate surface area is 117 Å². The Morgan fingerprint density at radius 1 is 1.39 bits per heavy atom. The van der Waals surface area contributed by atoms with Crippen molar-refractivity contribution in [3.8, 4) is 0 Å². The quantitative estimate of drug-likeness (QED) is 0.868. The van der Waals surface area contributed by atoms with Crippen LogP contribution in [0.2, 0.25) is 0 Å². The molecule has 18 heavy (non-hydrogen) atoms. The number of aromatic nitrogens is 1. The topological polar surface area (TPSA) is 50.2 Å². The fraction of sp³-hybridized carbons (Fsp3) is 0.0769. The summed E-state index contributed by atoms with van der Waals surface area (Å²) in [6, 6.07) is 9.01. The summed E-state index contributed by atoms with van der Waals surface area (Å²) in [6.07, 6.45) is 3.50. The Hall–Kier alpha value is -1.33. The lowest BCUT2D eigenvalue weighted by molar-refractivity contribution is 0.0693. The lowest BCUT2D eigenvalue weighted by Gasteiger charge is -2.06. The molecule has 0 aliphatic carbocycles. The molecule has 2 aromatic rings. The van der Waals surface area contributed by atoms with Gasteiger partial charge in [-0.25, -0.2) is 4.79 Å². The highest BCUT2D eigenvalue weighted by Crippen LogP contribution is 2.29. The number of benzene rings is 1. The number of aromatic carboxylic acids is 1. The second-order valence-corrected chi connectivity index (χ2v) is 5.53. The van der Waals surface area contributed by atoms with Crippen LogP contribution < -0.4 is 0 Å². The number of carbonyl (C=O) groups is 1. The van der Waals surface area contributed by atoms with Gasteiger partial charge in [0.15, 0.2) is 0 Å². The lowest BCUT2D eigenvalue weighted by atomic mass is 10.2. The van der Waals surface area contributed by atoms with E-state index < -0.39 is 5.97 Å². The maximum Gasteiger partial charge on any atom is 0.336 e. The molecule has 3 nitrogen and oxygen atoms in total. The van der Waals surface area contributed by atoms with Gasteiger partial charge in [0.05, 0.1) is 5.56 Å². The molecule has 1 heterocycles. The highest BCUT2D eigenvalue weighted by atomic mass is 79.9.